The Balaban J connectivity index is 3.26. The van der Waals surface area contributed by atoms with E-state index in [1.165, 1.54) is 32.2 Å². The molecule has 1 atom stereocenters. The van der Waals surface area contributed by atoms with Crippen molar-refractivity contribution in [1.29, 1.82) is 0 Å². The summed E-state index contributed by atoms with van der Waals surface area (Å²) in [5.41, 5.74) is 0. The van der Waals surface area contributed by atoms with Crippen molar-refractivity contribution in [3.8, 4) is 0 Å². The lowest BCUT2D eigenvalue weighted by Gasteiger charge is -2.14. The van der Waals surface area contributed by atoms with Crippen LogP contribution in [0.15, 0.2) is 0 Å². The zero-order valence-electron chi connectivity index (χ0n) is 8.90. The Bertz CT molecular complexity index is 81.1. The maximum absolute atomic E-state index is 3.37. The van der Waals surface area contributed by atoms with Crippen LogP contribution < -0.4 is 5.32 Å². The Morgan fingerprint density at radius 1 is 1.25 bits per heavy atom. The first kappa shape index (κ1) is 12.0. The van der Waals surface area contributed by atoms with Gasteiger partial charge in [0.2, 0.25) is 0 Å². The molecule has 1 N–H and O–H groups in total. The summed E-state index contributed by atoms with van der Waals surface area (Å²) in [6.45, 7) is 10.0. The zero-order valence-corrected chi connectivity index (χ0v) is 8.90. The zero-order chi connectivity index (χ0) is 9.23. The lowest BCUT2D eigenvalue weighted by Crippen LogP contribution is -2.19. The van der Waals surface area contributed by atoms with Gasteiger partial charge in [0, 0.05) is 6.54 Å². The molecule has 1 unspecified atom stereocenters. The van der Waals surface area contributed by atoms with E-state index in [2.05, 4.69) is 32.6 Å². The summed E-state index contributed by atoms with van der Waals surface area (Å²) >= 11 is 0. The predicted octanol–water partition coefficient (Wildman–Crippen LogP) is 3.36. The number of rotatable bonds is 8. The average molecular weight is 170 g/mol. The molecule has 0 aromatic rings. The van der Waals surface area contributed by atoms with Gasteiger partial charge in [0.15, 0.2) is 0 Å². The van der Waals surface area contributed by atoms with Gasteiger partial charge in [-0.15, -0.1) is 0 Å². The maximum Gasteiger partial charge on any atom is 0.0218 e. The molecule has 0 aliphatic heterocycles. The minimum atomic E-state index is 0.882. The SMILES string of the molecule is CC[CH]NCC(CC)CCCC. The first-order chi connectivity index (χ1) is 5.85. The number of hydrogen-bond acceptors (Lipinski definition) is 1. The van der Waals surface area contributed by atoms with Gasteiger partial charge in [-0.1, -0.05) is 40.0 Å². The van der Waals surface area contributed by atoms with E-state index in [1.54, 1.807) is 0 Å². The molecule has 0 heterocycles. The van der Waals surface area contributed by atoms with Crippen LogP contribution in [0, 0.1) is 12.5 Å². The Kier molecular flexibility index (Phi) is 9.02. The van der Waals surface area contributed by atoms with Crippen molar-refractivity contribution >= 4 is 0 Å². The Labute approximate surface area is 77.9 Å². The largest absolute Gasteiger partial charge is 0.312 e. The Hall–Kier alpha value is -0.0400. The van der Waals surface area contributed by atoms with Crippen molar-refractivity contribution in [2.24, 2.45) is 5.92 Å². The second-order valence-electron chi connectivity index (χ2n) is 3.44. The molecule has 0 spiro atoms. The van der Waals surface area contributed by atoms with Crippen molar-refractivity contribution in [3.05, 3.63) is 6.54 Å². The van der Waals surface area contributed by atoms with Gasteiger partial charge in [0.25, 0.3) is 0 Å². The quantitative estimate of drug-likeness (QED) is 0.551. The summed E-state index contributed by atoms with van der Waals surface area (Å²) in [7, 11) is 0. The highest BCUT2D eigenvalue weighted by Crippen LogP contribution is 2.11. The minimum Gasteiger partial charge on any atom is -0.312 e. The molecule has 0 fully saturated rings. The summed E-state index contributed by atoms with van der Waals surface area (Å²) in [5, 5.41) is 3.37. The molecule has 0 aromatic heterocycles. The average Bonchev–Trinajstić information content (AvgIpc) is 2.11. The fourth-order valence-corrected chi connectivity index (χ4v) is 1.34. The molecule has 1 heteroatoms. The Morgan fingerprint density at radius 2 is 2.00 bits per heavy atom. The lowest BCUT2D eigenvalue weighted by molar-refractivity contribution is 0.432. The van der Waals surface area contributed by atoms with Gasteiger partial charge in [0.05, 0.1) is 0 Å². The third-order valence-corrected chi connectivity index (χ3v) is 2.30. The highest BCUT2D eigenvalue weighted by Gasteiger charge is 2.03. The molecule has 12 heavy (non-hydrogen) atoms. The van der Waals surface area contributed by atoms with Gasteiger partial charge in [-0.05, 0) is 25.3 Å². The summed E-state index contributed by atoms with van der Waals surface area (Å²) in [5.74, 6) is 0.882. The van der Waals surface area contributed by atoms with Crippen molar-refractivity contribution in [1.82, 2.24) is 5.32 Å². The molecule has 0 aliphatic carbocycles. The molecule has 1 radical (unpaired) electrons. The maximum atomic E-state index is 3.37. The predicted molar refractivity (Wildman–Crippen MR) is 55.9 cm³/mol. The monoisotopic (exact) mass is 170 g/mol. The van der Waals surface area contributed by atoms with Crippen LogP contribution in [-0.4, -0.2) is 6.54 Å². The van der Waals surface area contributed by atoms with Crippen molar-refractivity contribution in [2.45, 2.75) is 52.9 Å². The van der Waals surface area contributed by atoms with Gasteiger partial charge in [-0.3, -0.25) is 0 Å². The first-order valence-electron chi connectivity index (χ1n) is 5.40. The molecule has 0 amide bonds. The van der Waals surface area contributed by atoms with E-state index in [1.807, 2.05) is 0 Å². The van der Waals surface area contributed by atoms with E-state index in [0.29, 0.717) is 0 Å². The van der Waals surface area contributed by atoms with Crippen LogP contribution in [0.5, 0.6) is 0 Å². The van der Waals surface area contributed by atoms with Crippen molar-refractivity contribution in [3.63, 3.8) is 0 Å². The first-order valence-corrected chi connectivity index (χ1v) is 5.40. The normalized spacial score (nSPS) is 13.2. The van der Waals surface area contributed by atoms with Crippen LogP contribution in [-0.2, 0) is 0 Å². The second kappa shape index (κ2) is 9.05. The molecular formula is C11H24N. The van der Waals surface area contributed by atoms with E-state index < -0.39 is 0 Å². The topological polar surface area (TPSA) is 12.0 Å². The second-order valence-corrected chi connectivity index (χ2v) is 3.44. The standard InChI is InChI=1S/C11H24N/c1-4-7-8-11(6-3)10-12-9-5-2/h9,11-12H,4-8,10H2,1-3H3. The number of nitrogens with one attached hydrogen (secondary N) is 1. The Morgan fingerprint density at radius 3 is 2.50 bits per heavy atom. The molecule has 0 saturated carbocycles. The van der Waals surface area contributed by atoms with Gasteiger partial charge in [-0.2, -0.15) is 0 Å². The van der Waals surface area contributed by atoms with Crippen molar-refractivity contribution < 1.29 is 0 Å². The van der Waals surface area contributed by atoms with Gasteiger partial charge in [0.1, 0.15) is 0 Å². The van der Waals surface area contributed by atoms with E-state index >= 15 is 0 Å². The van der Waals surface area contributed by atoms with Crippen LogP contribution in [0.25, 0.3) is 0 Å². The summed E-state index contributed by atoms with van der Waals surface area (Å²) in [6.07, 6.45) is 6.53. The van der Waals surface area contributed by atoms with Gasteiger partial charge < -0.3 is 5.32 Å². The molecule has 0 bridgehead atoms. The molecular weight excluding hydrogens is 146 g/mol. The van der Waals surface area contributed by atoms with Gasteiger partial charge in [-0.25, -0.2) is 0 Å². The highest BCUT2D eigenvalue weighted by atomic mass is 14.8. The summed E-state index contributed by atoms with van der Waals surface area (Å²) < 4.78 is 0. The van der Waals surface area contributed by atoms with Crippen LogP contribution >= 0.6 is 0 Å². The number of hydrogen-bond donors (Lipinski definition) is 1. The lowest BCUT2D eigenvalue weighted by atomic mass is 9.99. The molecule has 0 saturated heterocycles. The van der Waals surface area contributed by atoms with E-state index in [0.717, 1.165) is 12.3 Å². The highest BCUT2D eigenvalue weighted by molar-refractivity contribution is 4.65. The van der Waals surface area contributed by atoms with E-state index in [-0.39, 0.29) is 0 Å². The molecule has 0 aromatic carbocycles. The third kappa shape index (κ3) is 6.66. The molecule has 1 nitrogen and oxygen atoms in total. The third-order valence-electron chi connectivity index (χ3n) is 2.30. The fourth-order valence-electron chi connectivity index (χ4n) is 1.34. The smallest absolute Gasteiger partial charge is 0.0218 e. The molecule has 73 valence electrons. The molecule has 0 aliphatic rings. The van der Waals surface area contributed by atoms with Crippen LogP contribution in [0.1, 0.15) is 52.9 Å². The number of unbranched alkanes of at least 4 members (excludes halogenated alkanes) is 1. The van der Waals surface area contributed by atoms with Crippen LogP contribution in [0.3, 0.4) is 0 Å². The van der Waals surface area contributed by atoms with Crippen molar-refractivity contribution in [2.75, 3.05) is 6.54 Å². The van der Waals surface area contributed by atoms with Gasteiger partial charge >= 0.3 is 0 Å². The van der Waals surface area contributed by atoms with Crippen LogP contribution in [0.4, 0.5) is 0 Å². The summed E-state index contributed by atoms with van der Waals surface area (Å²) in [4.78, 5) is 0. The summed E-state index contributed by atoms with van der Waals surface area (Å²) in [6, 6.07) is 0. The van der Waals surface area contributed by atoms with E-state index in [4.69, 9.17) is 0 Å². The molecule has 0 rings (SSSR count). The fraction of sp³-hybridized carbons (Fsp3) is 0.909. The van der Waals surface area contributed by atoms with Crippen LogP contribution in [0.2, 0.25) is 0 Å². The minimum absolute atomic E-state index is 0.882. The van der Waals surface area contributed by atoms with E-state index in [9.17, 15) is 0 Å².